The number of rotatable bonds is 5. The molecule has 1 aromatic rings. The molecule has 2 atom stereocenters. The lowest BCUT2D eigenvalue weighted by Gasteiger charge is -2.32. The zero-order valence-corrected chi connectivity index (χ0v) is 14.3. The molecule has 24 heavy (non-hydrogen) atoms. The van der Waals surface area contributed by atoms with Crippen LogP contribution >= 0.6 is 0 Å². The number of aryl methyl sites for hydroxylation is 1. The van der Waals surface area contributed by atoms with E-state index in [9.17, 15) is 4.79 Å². The minimum absolute atomic E-state index is 0.00458. The molecule has 2 N–H and O–H groups in total. The Morgan fingerprint density at radius 3 is 2.88 bits per heavy atom. The van der Waals surface area contributed by atoms with Crippen molar-refractivity contribution in [3.8, 4) is 0 Å². The Morgan fingerprint density at radius 2 is 2.21 bits per heavy atom. The van der Waals surface area contributed by atoms with E-state index in [0.29, 0.717) is 6.61 Å². The topological polar surface area (TPSA) is 71.4 Å². The standard InChI is InChI=1S/C17H27N5O2/c1-3-7-22-8-4-14(5-9-22)19-17(23)20-15-6-10-24-16(15)13-11-18-21(2)12-13/h3,11-12,14-16H,1,4-10H2,2H3,(H2,19,20,23)/t15-,16+/m0/s1. The second-order valence-corrected chi connectivity index (χ2v) is 6.62. The number of carbonyl (C=O) groups excluding carboxylic acids is 1. The number of hydrogen-bond donors (Lipinski definition) is 2. The smallest absolute Gasteiger partial charge is 0.315 e. The molecule has 3 heterocycles. The van der Waals surface area contributed by atoms with E-state index in [1.54, 1.807) is 10.9 Å². The molecule has 7 heteroatoms. The molecule has 7 nitrogen and oxygen atoms in total. The van der Waals surface area contributed by atoms with Crippen LogP contribution in [-0.4, -0.2) is 59.0 Å². The number of amides is 2. The molecule has 3 rings (SSSR count). The average Bonchev–Trinajstić information content (AvgIpc) is 3.18. The molecular weight excluding hydrogens is 306 g/mol. The van der Waals surface area contributed by atoms with Gasteiger partial charge in [0.25, 0.3) is 0 Å². The first-order chi connectivity index (χ1) is 11.7. The molecule has 1 aromatic heterocycles. The molecule has 0 spiro atoms. The Bertz CT molecular complexity index is 565. The molecule has 2 aliphatic heterocycles. The van der Waals surface area contributed by atoms with Crippen molar-refractivity contribution in [1.29, 1.82) is 0 Å². The highest BCUT2D eigenvalue weighted by molar-refractivity contribution is 5.74. The van der Waals surface area contributed by atoms with Crippen LogP contribution in [0.15, 0.2) is 25.0 Å². The van der Waals surface area contributed by atoms with E-state index in [-0.39, 0.29) is 24.2 Å². The molecule has 2 fully saturated rings. The van der Waals surface area contributed by atoms with Gasteiger partial charge >= 0.3 is 6.03 Å². The number of nitrogens with zero attached hydrogens (tertiary/aromatic N) is 3. The summed E-state index contributed by atoms with van der Waals surface area (Å²) in [4.78, 5) is 14.7. The SMILES string of the molecule is C=CCN1CCC(NC(=O)N[C@H]2CCO[C@@H]2c2cnn(C)c2)CC1. The third-order valence-corrected chi connectivity index (χ3v) is 4.77. The third kappa shape index (κ3) is 4.15. The van der Waals surface area contributed by atoms with Crippen LogP contribution in [0.3, 0.4) is 0 Å². The summed E-state index contributed by atoms with van der Waals surface area (Å²) >= 11 is 0. The first-order valence-electron chi connectivity index (χ1n) is 8.66. The quantitative estimate of drug-likeness (QED) is 0.795. The van der Waals surface area contributed by atoms with Crippen LogP contribution < -0.4 is 10.6 Å². The van der Waals surface area contributed by atoms with Gasteiger partial charge in [0.1, 0.15) is 6.10 Å². The third-order valence-electron chi connectivity index (χ3n) is 4.77. The van der Waals surface area contributed by atoms with Crippen molar-refractivity contribution in [3.63, 3.8) is 0 Å². The maximum atomic E-state index is 12.3. The maximum Gasteiger partial charge on any atom is 0.315 e. The van der Waals surface area contributed by atoms with Crippen molar-refractivity contribution < 1.29 is 9.53 Å². The molecular formula is C17H27N5O2. The number of ether oxygens (including phenoxy) is 1. The minimum atomic E-state index is -0.112. The monoisotopic (exact) mass is 333 g/mol. The normalized spacial score (nSPS) is 25.5. The number of urea groups is 1. The summed E-state index contributed by atoms with van der Waals surface area (Å²) < 4.78 is 7.54. The fourth-order valence-corrected chi connectivity index (χ4v) is 3.49. The molecule has 132 valence electrons. The minimum Gasteiger partial charge on any atom is -0.371 e. The van der Waals surface area contributed by atoms with Gasteiger partial charge in [-0.2, -0.15) is 5.10 Å². The summed E-state index contributed by atoms with van der Waals surface area (Å²) in [5.41, 5.74) is 1.01. The van der Waals surface area contributed by atoms with E-state index in [1.807, 2.05) is 19.3 Å². The predicted molar refractivity (Wildman–Crippen MR) is 91.6 cm³/mol. The number of carbonyl (C=O) groups is 1. The van der Waals surface area contributed by atoms with Crippen LogP contribution in [0.4, 0.5) is 4.79 Å². The van der Waals surface area contributed by atoms with Gasteiger partial charge in [0.2, 0.25) is 0 Å². The lowest BCUT2D eigenvalue weighted by Crippen LogP contribution is -2.50. The van der Waals surface area contributed by atoms with Crippen LogP contribution in [0.5, 0.6) is 0 Å². The summed E-state index contributed by atoms with van der Waals surface area (Å²) in [6.07, 6.45) is 8.35. The number of piperidine rings is 1. The van der Waals surface area contributed by atoms with E-state index in [0.717, 1.165) is 44.5 Å². The van der Waals surface area contributed by atoms with Crippen LogP contribution in [0.2, 0.25) is 0 Å². The molecule has 0 aromatic carbocycles. The van der Waals surface area contributed by atoms with Gasteiger partial charge in [0.05, 0.1) is 12.2 Å². The van der Waals surface area contributed by atoms with E-state index in [1.165, 1.54) is 0 Å². The van der Waals surface area contributed by atoms with Crippen molar-refractivity contribution >= 4 is 6.03 Å². The summed E-state index contributed by atoms with van der Waals surface area (Å²) in [7, 11) is 1.88. The van der Waals surface area contributed by atoms with Crippen molar-refractivity contribution in [1.82, 2.24) is 25.3 Å². The molecule has 0 unspecified atom stereocenters. The molecule has 2 saturated heterocycles. The summed E-state index contributed by atoms with van der Waals surface area (Å²) in [5.74, 6) is 0. The number of aromatic nitrogens is 2. The molecule has 0 bridgehead atoms. The van der Waals surface area contributed by atoms with Crippen LogP contribution in [0.25, 0.3) is 0 Å². The molecule has 0 aliphatic carbocycles. The Balaban J connectivity index is 1.47. The summed E-state index contributed by atoms with van der Waals surface area (Å²) in [6.45, 7) is 7.36. The van der Waals surface area contributed by atoms with Crippen molar-refractivity contribution in [3.05, 3.63) is 30.6 Å². The van der Waals surface area contributed by atoms with Gasteiger partial charge in [0, 0.05) is 51.1 Å². The van der Waals surface area contributed by atoms with Gasteiger partial charge in [-0.25, -0.2) is 4.79 Å². The molecule has 0 saturated carbocycles. The average molecular weight is 333 g/mol. The highest BCUT2D eigenvalue weighted by Gasteiger charge is 2.32. The fourth-order valence-electron chi connectivity index (χ4n) is 3.49. The van der Waals surface area contributed by atoms with E-state index in [4.69, 9.17) is 4.74 Å². The van der Waals surface area contributed by atoms with Gasteiger partial charge in [-0.3, -0.25) is 9.58 Å². The van der Waals surface area contributed by atoms with Gasteiger partial charge < -0.3 is 15.4 Å². The highest BCUT2D eigenvalue weighted by Crippen LogP contribution is 2.28. The van der Waals surface area contributed by atoms with Gasteiger partial charge in [-0.15, -0.1) is 6.58 Å². The van der Waals surface area contributed by atoms with Gasteiger partial charge in [0.15, 0.2) is 0 Å². The molecule has 0 radical (unpaired) electrons. The van der Waals surface area contributed by atoms with Crippen LogP contribution in [0.1, 0.15) is 30.9 Å². The Kier molecular flexibility index (Phi) is 5.52. The second kappa shape index (κ2) is 7.81. The maximum absolute atomic E-state index is 12.3. The summed E-state index contributed by atoms with van der Waals surface area (Å²) in [5, 5.41) is 10.4. The number of nitrogens with one attached hydrogen (secondary N) is 2. The van der Waals surface area contributed by atoms with Crippen molar-refractivity contribution in [2.24, 2.45) is 7.05 Å². The van der Waals surface area contributed by atoms with E-state index >= 15 is 0 Å². The largest absolute Gasteiger partial charge is 0.371 e. The molecule has 2 amide bonds. The fraction of sp³-hybridized carbons (Fsp3) is 0.647. The van der Waals surface area contributed by atoms with Crippen LogP contribution in [0, 0.1) is 0 Å². The van der Waals surface area contributed by atoms with E-state index in [2.05, 4.69) is 27.2 Å². The van der Waals surface area contributed by atoms with E-state index < -0.39 is 0 Å². The second-order valence-electron chi connectivity index (χ2n) is 6.62. The first-order valence-corrected chi connectivity index (χ1v) is 8.66. The van der Waals surface area contributed by atoms with Crippen molar-refractivity contribution in [2.75, 3.05) is 26.2 Å². The Hall–Kier alpha value is -1.86. The first kappa shape index (κ1) is 17.0. The highest BCUT2D eigenvalue weighted by atomic mass is 16.5. The Labute approximate surface area is 143 Å². The van der Waals surface area contributed by atoms with Gasteiger partial charge in [-0.1, -0.05) is 6.08 Å². The zero-order valence-electron chi connectivity index (χ0n) is 14.3. The number of hydrogen-bond acceptors (Lipinski definition) is 4. The van der Waals surface area contributed by atoms with Crippen molar-refractivity contribution in [2.45, 2.75) is 37.5 Å². The lowest BCUT2D eigenvalue weighted by molar-refractivity contribution is 0.0995. The van der Waals surface area contributed by atoms with Crippen LogP contribution in [-0.2, 0) is 11.8 Å². The zero-order chi connectivity index (χ0) is 16.9. The summed E-state index contributed by atoms with van der Waals surface area (Å²) in [6, 6.07) is 0.141. The predicted octanol–water partition coefficient (Wildman–Crippen LogP) is 1.20. The number of likely N-dealkylation sites (tertiary alicyclic amines) is 1. The van der Waals surface area contributed by atoms with Gasteiger partial charge in [-0.05, 0) is 19.3 Å². The molecule has 2 aliphatic rings. The lowest BCUT2D eigenvalue weighted by atomic mass is 10.0. The Morgan fingerprint density at radius 1 is 1.42 bits per heavy atom.